The number of amides is 1. The highest BCUT2D eigenvalue weighted by Crippen LogP contribution is 2.34. The van der Waals surface area contributed by atoms with Crippen molar-refractivity contribution in [3.63, 3.8) is 0 Å². The second-order valence-electron chi connectivity index (χ2n) is 4.35. The van der Waals surface area contributed by atoms with Crippen LogP contribution in [-0.2, 0) is 4.79 Å². The van der Waals surface area contributed by atoms with Gasteiger partial charge in [0.25, 0.3) is 5.91 Å². The van der Waals surface area contributed by atoms with Crippen molar-refractivity contribution < 1.29 is 9.53 Å². The fourth-order valence-corrected chi connectivity index (χ4v) is 2.05. The van der Waals surface area contributed by atoms with E-state index in [1.54, 1.807) is 18.0 Å². The lowest BCUT2D eigenvalue weighted by Crippen LogP contribution is -2.33. The van der Waals surface area contributed by atoms with Gasteiger partial charge < -0.3 is 9.64 Å². The van der Waals surface area contributed by atoms with Crippen molar-refractivity contribution >= 4 is 17.7 Å². The summed E-state index contributed by atoms with van der Waals surface area (Å²) in [6.07, 6.45) is 1.76. The van der Waals surface area contributed by atoms with Crippen molar-refractivity contribution in [2.45, 2.75) is 0 Å². The third-order valence-electron chi connectivity index (χ3n) is 3.06. The Morgan fingerprint density at radius 2 is 1.68 bits per heavy atom. The first-order chi connectivity index (χ1) is 9.25. The summed E-state index contributed by atoms with van der Waals surface area (Å²) in [7, 11) is 1.75. The number of anilines is 1. The highest BCUT2D eigenvalue weighted by atomic mass is 16.5. The zero-order valence-electron chi connectivity index (χ0n) is 10.5. The van der Waals surface area contributed by atoms with Crippen molar-refractivity contribution in [1.82, 2.24) is 0 Å². The van der Waals surface area contributed by atoms with E-state index in [2.05, 4.69) is 0 Å². The van der Waals surface area contributed by atoms with Gasteiger partial charge in [-0.25, -0.2) is 0 Å². The van der Waals surface area contributed by atoms with Crippen LogP contribution >= 0.6 is 0 Å². The Morgan fingerprint density at radius 1 is 1.00 bits per heavy atom. The van der Waals surface area contributed by atoms with Crippen LogP contribution in [0.1, 0.15) is 5.56 Å². The first-order valence-electron chi connectivity index (χ1n) is 6.07. The molecule has 0 aliphatic carbocycles. The molecule has 0 radical (unpaired) electrons. The molecule has 0 fully saturated rings. The van der Waals surface area contributed by atoms with Gasteiger partial charge >= 0.3 is 0 Å². The first-order valence-corrected chi connectivity index (χ1v) is 6.07. The van der Waals surface area contributed by atoms with E-state index in [-0.39, 0.29) is 5.91 Å². The highest BCUT2D eigenvalue weighted by molar-refractivity contribution is 6.09. The predicted molar refractivity (Wildman–Crippen MR) is 74.9 cm³/mol. The van der Waals surface area contributed by atoms with Gasteiger partial charge in [0.1, 0.15) is 0 Å². The Morgan fingerprint density at radius 3 is 2.47 bits per heavy atom. The van der Waals surface area contributed by atoms with E-state index in [1.807, 2.05) is 54.6 Å². The Bertz CT molecular complexity index is 647. The summed E-state index contributed by atoms with van der Waals surface area (Å²) in [6.45, 7) is 0. The summed E-state index contributed by atoms with van der Waals surface area (Å²) in [5.41, 5.74) is 1.73. The van der Waals surface area contributed by atoms with E-state index in [1.165, 1.54) is 0 Å². The molecular weight excluding hydrogens is 238 g/mol. The summed E-state index contributed by atoms with van der Waals surface area (Å²) < 4.78 is 5.69. The van der Waals surface area contributed by atoms with Crippen LogP contribution in [0.4, 0.5) is 5.69 Å². The lowest BCUT2D eigenvalue weighted by Gasteiger charge is -2.27. The van der Waals surface area contributed by atoms with Gasteiger partial charge in [-0.3, -0.25) is 4.79 Å². The van der Waals surface area contributed by atoms with E-state index >= 15 is 0 Å². The molecule has 0 saturated carbocycles. The van der Waals surface area contributed by atoms with Crippen LogP contribution < -0.4 is 9.64 Å². The maximum atomic E-state index is 12.2. The SMILES string of the molecule is CN1C(=O)/C(=C/c2ccccc2)Oc2ccccc21. The smallest absolute Gasteiger partial charge is 0.293 e. The minimum atomic E-state index is -0.137. The largest absolute Gasteiger partial charge is 0.449 e. The molecule has 1 aliphatic heterocycles. The molecule has 2 aromatic carbocycles. The van der Waals surface area contributed by atoms with Crippen molar-refractivity contribution in [3.05, 3.63) is 65.9 Å². The number of hydrogen-bond acceptors (Lipinski definition) is 2. The summed E-state index contributed by atoms with van der Waals surface area (Å²) >= 11 is 0. The van der Waals surface area contributed by atoms with Crippen LogP contribution in [0.25, 0.3) is 6.08 Å². The maximum Gasteiger partial charge on any atom is 0.293 e. The maximum absolute atomic E-state index is 12.2. The molecule has 2 aromatic rings. The number of rotatable bonds is 1. The number of benzene rings is 2. The minimum absolute atomic E-state index is 0.137. The number of para-hydroxylation sites is 2. The molecular formula is C16H13NO2. The summed E-state index contributed by atoms with van der Waals surface area (Å²) in [4.78, 5) is 13.8. The third kappa shape index (κ3) is 2.10. The molecule has 0 N–H and O–H groups in total. The topological polar surface area (TPSA) is 29.5 Å². The quantitative estimate of drug-likeness (QED) is 0.729. The van der Waals surface area contributed by atoms with Crippen molar-refractivity contribution in [3.8, 4) is 5.75 Å². The van der Waals surface area contributed by atoms with Gasteiger partial charge in [0, 0.05) is 7.05 Å². The van der Waals surface area contributed by atoms with Crippen LogP contribution in [0.3, 0.4) is 0 Å². The zero-order chi connectivity index (χ0) is 13.2. The summed E-state index contributed by atoms with van der Waals surface area (Å²) in [5, 5.41) is 0. The predicted octanol–water partition coefficient (Wildman–Crippen LogP) is 3.08. The van der Waals surface area contributed by atoms with Gasteiger partial charge in [-0.15, -0.1) is 0 Å². The van der Waals surface area contributed by atoms with E-state index in [4.69, 9.17) is 4.74 Å². The molecule has 1 amide bonds. The monoisotopic (exact) mass is 251 g/mol. The Labute approximate surface area is 111 Å². The molecule has 3 nitrogen and oxygen atoms in total. The van der Waals surface area contributed by atoms with E-state index in [0.29, 0.717) is 11.5 Å². The fourth-order valence-electron chi connectivity index (χ4n) is 2.05. The molecule has 0 spiro atoms. The number of carbonyl (C=O) groups is 1. The van der Waals surface area contributed by atoms with E-state index < -0.39 is 0 Å². The van der Waals surface area contributed by atoms with E-state index in [0.717, 1.165) is 11.3 Å². The van der Waals surface area contributed by atoms with Crippen LogP contribution in [0.5, 0.6) is 5.75 Å². The fraction of sp³-hybridized carbons (Fsp3) is 0.0625. The second kappa shape index (κ2) is 4.61. The third-order valence-corrected chi connectivity index (χ3v) is 3.06. The molecule has 3 rings (SSSR count). The molecule has 94 valence electrons. The van der Waals surface area contributed by atoms with Gasteiger partial charge in [-0.05, 0) is 23.8 Å². The minimum Gasteiger partial charge on any atom is -0.449 e. The standard InChI is InChI=1S/C16H13NO2/c1-17-13-9-5-6-10-14(13)19-15(16(17)18)11-12-7-3-2-4-8-12/h2-11H,1H3/b15-11-. The first kappa shape index (κ1) is 11.5. The molecule has 19 heavy (non-hydrogen) atoms. The number of nitrogens with zero attached hydrogens (tertiary/aromatic N) is 1. The van der Waals surface area contributed by atoms with Gasteiger partial charge in [-0.1, -0.05) is 42.5 Å². The lowest BCUT2D eigenvalue weighted by molar-refractivity contribution is -0.117. The van der Waals surface area contributed by atoms with Crippen molar-refractivity contribution in [1.29, 1.82) is 0 Å². The number of likely N-dealkylation sites (N-methyl/N-ethyl adjacent to an activating group) is 1. The molecule has 0 unspecified atom stereocenters. The Kier molecular flexibility index (Phi) is 2.80. The highest BCUT2D eigenvalue weighted by Gasteiger charge is 2.26. The van der Waals surface area contributed by atoms with Crippen LogP contribution in [0, 0.1) is 0 Å². The molecule has 0 bridgehead atoms. The average molecular weight is 251 g/mol. The molecule has 0 saturated heterocycles. The summed E-state index contributed by atoms with van der Waals surface area (Å²) in [6, 6.07) is 17.2. The van der Waals surface area contributed by atoms with E-state index in [9.17, 15) is 4.79 Å². The van der Waals surface area contributed by atoms with Crippen molar-refractivity contribution in [2.75, 3.05) is 11.9 Å². The number of carbonyl (C=O) groups excluding carboxylic acids is 1. The molecule has 1 aliphatic rings. The molecule has 0 atom stereocenters. The summed E-state index contributed by atoms with van der Waals surface area (Å²) in [5.74, 6) is 0.904. The molecule has 3 heteroatoms. The Balaban J connectivity index is 2.02. The van der Waals surface area contributed by atoms with Crippen LogP contribution in [0.15, 0.2) is 60.4 Å². The zero-order valence-corrected chi connectivity index (χ0v) is 10.5. The van der Waals surface area contributed by atoms with Gasteiger partial charge in [-0.2, -0.15) is 0 Å². The number of ether oxygens (including phenoxy) is 1. The van der Waals surface area contributed by atoms with Gasteiger partial charge in [0.05, 0.1) is 5.69 Å². The van der Waals surface area contributed by atoms with Gasteiger partial charge in [0.2, 0.25) is 0 Å². The van der Waals surface area contributed by atoms with Crippen molar-refractivity contribution in [2.24, 2.45) is 0 Å². The average Bonchev–Trinajstić information content (AvgIpc) is 2.46. The van der Waals surface area contributed by atoms with Crippen LogP contribution in [0.2, 0.25) is 0 Å². The lowest BCUT2D eigenvalue weighted by atomic mass is 10.1. The Hall–Kier alpha value is -2.55. The molecule has 1 heterocycles. The van der Waals surface area contributed by atoms with Gasteiger partial charge in [0.15, 0.2) is 11.5 Å². The van der Waals surface area contributed by atoms with Crippen LogP contribution in [-0.4, -0.2) is 13.0 Å². The molecule has 0 aromatic heterocycles. The number of fused-ring (bicyclic) bond motifs is 1. The number of hydrogen-bond donors (Lipinski definition) is 0. The normalized spacial score (nSPS) is 16.2. The second-order valence-corrected chi connectivity index (χ2v) is 4.35.